The summed E-state index contributed by atoms with van der Waals surface area (Å²) < 4.78 is 14.4. The first-order chi connectivity index (χ1) is 17.8. The zero-order valence-electron chi connectivity index (χ0n) is 21.8. The van der Waals surface area contributed by atoms with Crippen molar-refractivity contribution in [2.24, 2.45) is 11.3 Å². The Morgan fingerprint density at radius 2 is 1.71 bits per heavy atom. The average molecular weight is 593 g/mol. The third kappa shape index (κ3) is 8.26. The molecule has 0 aromatic heterocycles. The molecule has 0 radical (unpaired) electrons. The fourth-order valence-electron chi connectivity index (χ4n) is 4.78. The molecular formula is C28H35BrFN3O5. The number of hydrogen-bond acceptors (Lipinski definition) is 4. The summed E-state index contributed by atoms with van der Waals surface area (Å²) in [6.07, 6.45) is 2.04. The van der Waals surface area contributed by atoms with E-state index in [2.05, 4.69) is 47.3 Å². The fourth-order valence-corrected chi connectivity index (χ4v) is 5.24. The molecule has 0 aliphatic heterocycles. The molecule has 3 rings (SSSR count). The van der Waals surface area contributed by atoms with Crippen LogP contribution in [-0.4, -0.2) is 51.7 Å². The Hall–Kier alpha value is -2.98. The third-order valence-corrected chi connectivity index (χ3v) is 7.50. The van der Waals surface area contributed by atoms with Gasteiger partial charge in [0.25, 0.3) is 5.91 Å². The first-order valence-electron chi connectivity index (χ1n) is 12.6. The normalized spacial score (nSPS) is 18.4. The first kappa shape index (κ1) is 29.6. The van der Waals surface area contributed by atoms with E-state index in [1.54, 1.807) is 35.2 Å². The lowest BCUT2D eigenvalue weighted by Crippen LogP contribution is -2.45. The van der Waals surface area contributed by atoms with E-state index in [-0.39, 0.29) is 17.5 Å². The lowest BCUT2D eigenvalue weighted by Gasteiger charge is -2.41. The van der Waals surface area contributed by atoms with Crippen molar-refractivity contribution in [3.05, 3.63) is 63.9 Å². The molecule has 1 aliphatic rings. The minimum absolute atomic E-state index is 0.00563. The number of urea groups is 1. The fraction of sp³-hybridized carbons (Fsp3) is 0.464. The van der Waals surface area contributed by atoms with Gasteiger partial charge >= 0.3 is 12.0 Å². The Bertz CT molecular complexity index is 1120. The number of carbonyl (C=O) groups is 3. The van der Waals surface area contributed by atoms with Gasteiger partial charge in [0.15, 0.2) is 6.10 Å². The SMILES string of the molecule is CC(C)(C)C1CCC(N(Cc2ccc(C(=O)NC[C@@H](O)C(=O)O)cc2)C(=O)Nc2cc(F)cc(Br)c2)CC1. The quantitative estimate of drug-likeness (QED) is 0.327. The van der Waals surface area contributed by atoms with Crippen LogP contribution in [0.3, 0.4) is 0 Å². The zero-order valence-corrected chi connectivity index (χ0v) is 23.4. The number of halogens is 2. The van der Waals surface area contributed by atoms with Crippen LogP contribution in [0.15, 0.2) is 46.9 Å². The minimum Gasteiger partial charge on any atom is -0.479 e. The predicted molar refractivity (Wildman–Crippen MR) is 146 cm³/mol. The van der Waals surface area contributed by atoms with Gasteiger partial charge in [-0.3, -0.25) is 4.79 Å². The number of carbonyl (C=O) groups excluding carboxylic acids is 2. The molecule has 0 saturated heterocycles. The van der Waals surface area contributed by atoms with Crippen LogP contribution < -0.4 is 10.6 Å². The van der Waals surface area contributed by atoms with Crippen LogP contribution in [-0.2, 0) is 11.3 Å². The maximum Gasteiger partial charge on any atom is 0.334 e. The molecule has 0 unspecified atom stereocenters. The van der Waals surface area contributed by atoms with Crippen molar-refractivity contribution in [1.82, 2.24) is 10.2 Å². The van der Waals surface area contributed by atoms with Crippen LogP contribution in [0.25, 0.3) is 0 Å². The summed E-state index contributed by atoms with van der Waals surface area (Å²) in [4.78, 5) is 38.3. The lowest BCUT2D eigenvalue weighted by atomic mass is 9.71. The Kier molecular flexibility index (Phi) is 9.89. The molecule has 2 aromatic carbocycles. The van der Waals surface area contributed by atoms with Crippen molar-refractivity contribution < 1.29 is 29.0 Å². The van der Waals surface area contributed by atoms with Gasteiger partial charge in [0.2, 0.25) is 0 Å². The number of anilines is 1. The van der Waals surface area contributed by atoms with Crippen LogP contribution in [0.2, 0.25) is 0 Å². The average Bonchev–Trinajstić information content (AvgIpc) is 2.84. The van der Waals surface area contributed by atoms with Crippen LogP contribution >= 0.6 is 15.9 Å². The van der Waals surface area contributed by atoms with Crippen molar-refractivity contribution in [3.8, 4) is 0 Å². The summed E-state index contributed by atoms with van der Waals surface area (Å²) in [5.74, 6) is -1.82. The van der Waals surface area contributed by atoms with Crippen LogP contribution in [0.4, 0.5) is 14.9 Å². The molecule has 2 aromatic rings. The molecular weight excluding hydrogens is 557 g/mol. The molecule has 1 aliphatic carbocycles. The highest BCUT2D eigenvalue weighted by Crippen LogP contribution is 2.39. The Labute approximate surface area is 230 Å². The number of aliphatic hydroxyl groups excluding tert-OH is 1. The van der Waals surface area contributed by atoms with Gasteiger partial charge in [-0.25, -0.2) is 14.0 Å². The number of amides is 3. The summed E-state index contributed by atoms with van der Waals surface area (Å²) in [7, 11) is 0. The highest BCUT2D eigenvalue weighted by atomic mass is 79.9. The van der Waals surface area contributed by atoms with Gasteiger partial charge in [-0.05, 0) is 72.9 Å². The van der Waals surface area contributed by atoms with Gasteiger partial charge in [-0.2, -0.15) is 0 Å². The maximum absolute atomic E-state index is 13.9. The second kappa shape index (κ2) is 12.7. The molecule has 206 valence electrons. The van der Waals surface area contributed by atoms with E-state index in [9.17, 15) is 23.9 Å². The van der Waals surface area contributed by atoms with Gasteiger partial charge in [0, 0.05) is 28.3 Å². The summed E-state index contributed by atoms with van der Waals surface area (Å²) >= 11 is 3.26. The number of rotatable bonds is 8. The third-order valence-electron chi connectivity index (χ3n) is 7.05. The molecule has 0 heterocycles. The van der Waals surface area contributed by atoms with E-state index in [0.29, 0.717) is 28.2 Å². The second-order valence-corrected chi connectivity index (χ2v) is 11.8. The van der Waals surface area contributed by atoms with E-state index in [1.165, 1.54) is 12.1 Å². The second-order valence-electron chi connectivity index (χ2n) is 10.8. The standard InChI is InChI=1S/C28H35BrFN3O5/c1-28(2,3)19-8-10-23(11-9-19)33(27(38)32-22-13-20(29)12-21(30)14-22)16-17-4-6-18(7-5-17)25(35)31-15-24(34)26(36)37/h4-7,12-14,19,23-24,34H,8-11,15-16H2,1-3H3,(H,31,35)(H,32,38)(H,36,37)/t19?,23?,24-/m1/s1. The lowest BCUT2D eigenvalue weighted by molar-refractivity contribution is -0.146. The molecule has 0 bridgehead atoms. The molecule has 1 fully saturated rings. The number of aliphatic carboxylic acids is 1. The highest BCUT2D eigenvalue weighted by Gasteiger charge is 2.33. The molecule has 8 nitrogen and oxygen atoms in total. The highest BCUT2D eigenvalue weighted by molar-refractivity contribution is 9.10. The Balaban J connectivity index is 1.74. The maximum atomic E-state index is 13.9. The topological polar surface area (TPSA) is 119 Å². The van der Waals surface area contributed by atoms with Crippen LogP contribution in [0.1, 0.15) is 62.4 Å². The van der Waals surface area contributed by atoms with Crippen molar-refractivity contribution in [2.75, 3.05) is 11.9 Å². The van der Waals surface area contributed by atoms with Crippen LogP contribution in [0.5, 0.6) is 0 Å². The smallest absolute Gasteiger partial charge is 0.334 e. The molecule has 10 heteroatoms. The van der Waals surface area contributed by atoms with E-state index in [4.69, 9.17) is 5.11 Å². The van der Waals surface area contributed by atoms with E-state index < -0.39 is 30.3 Å². The number of carboxylic acids is 1. The van der Waals surface area contributed by atoms with Gasteiger partial charge < -0.3 is 25.7 Å². The molecule has 1 atom stereocenters. The monoisotopic (exact) mass is 591 g/mol. The number of nitrogens with one attached hydrogen (secondary N) is 2. The molecule has 0 spiro atoms. The van der Waals surface area contributed by atoms with Gasteiger partial charge in [-0.1, -0.05) is 48.8 Å². The molecule has 38 heavy (non-hydrogen) atoms. The number of aliphatic hydroxyl groups is 1. The van der Waals surface area contributed by atoms with Gasteiger partial charge in [0.05, 0.1) is 6.54 Å². The molecule has 3 amide bonds. The summed E-state index contributed by atoms with van der Waals surface area (Å²) in [5, 5.41) is 23.3. The molecule has 4 N–H and O–H groups in total. The summed E-state index contributed by atoms with van der Waals surface area (Å²) in [6.45, 7) is 6.61. The number of carboxylic acid groups (broad SMARTS) is 1. The molecule has 1 saturated carbocycles. The number of nitrogens with zero attached hydrogens (tertiary/aromatic N) is 1. The minimum atomic E-state index is -1.68. The zero-order chi connectivity index (χ0) is 28.0. The predicted octanol–water partition coefficient (Wildman–Crippen LogP) is 5.40. The van der Waals surface area contributed by atoms with E-state index in [1.807, 2.05) is 0 Å². The van der Waals surface area contributed by atoms with Gasteiger partial charge in [-0.15, -0.1) is 0 Å². The number of benzene rings is 2. The summed E-state index contributed by atoms with van der Waals surface area (Å²) in [5.41, 5.74) is 1.66. The van der Waals surface area contributed by atoms with Crippen molar-refractivity contribution in [1.29, 1.82) is 0 Å². The van der Waals surface area contributed by atoms with Crippen molar-refractivity contribution in [3.63, 3.8) is 0 Å². The Morgan fingerprint density at radius 1 is 1.08 bits per heavy atom. The van der Waals surface area contributed by atoms with Crippen molar-refractivity contribution in [2.45, 2.75) is 65.1 Å². The first-order valence-corrected chi connectivity index (χ1v) is 13.4. The number of hydrogen-bond donors (Lipinski definition) is 4. The largest absolute Gasteiger partial charge is 0.479 e. The van der Waals surface area contributed by atoms with E-state index in [0.717, 1.165) is 31.2 Å². The summed E-state index contributed by atoms with van der Waals surface area (Å²) in [6, 6.07) is 10.6. The van der Waals surface area contributed by atoms with E-state index >= 15 is 0 Å². The van der Waals surface area contributed by atoms with Gasteiger partial charge in [0.1, 0.15) is 5.82 Å². The Morgan fingerprint density at radius 3 is 2.26 bits per heavy atom. The van der Waals surface area contributed by atoms with Crippen LogP contribution in [0, 0.1) is 17.2 Å². The van der Waals surface area contributed by atoms with Crippen molar-refractivity contribution >= 4 is 39.5 Å².